The summed E-state index contributed by atoms with van der Waals surface area (Å²) in [6.07, 6.45) is 0. The quantitative estimate of drug-likeness (QED) is 0.897. The lowest BCUT2D eigenvalue weighted by atomic mass is 10.0. The average molecular weight is 267 g/mol. The van der Waals surface area contributed by atoms with Crippen LogP contribution in [0.15, 0.2) is 47.4 Å². The Hall–Kier alpha value is -2.25. The van der Waals surface area contributed by atoms with Gasteiger partial charge in [-0.3, -0.25) is 0 Å². The van der Waals surface area contributed by atoms with Crippen LogP contribution in [0.3, 0.4) is 0 Å². The molecule has 0 unspecified atom stereocenters. The van der Waals surface area contributed by atoms with Crippen molar-refractivity contribution in [3.63, 3.8) is 0 Å². The van der Waals surface area contributed by atoms with Gasteiger partial charge in [0.1, 0.15) is 0 Å². The van der Waals surface area contributed by atoms with E-state index < -0.39 is 0 Å². The second kappa shape index (κ2) is 5.17. The van der Waals surface area contributed by atoms with Crippen LogP contribution < -0.4 is 10.6 Å². The van der Waals surface area contributed by atoms with E-state index in [4.69, 9.17) is 0 Å². The molecular weight excluding hydrogens is 254 g/mol. The summed E-state index contributed by atoms with van der Waals surface area (Å²) < 4.78 is 0. The molecule has 0 fully saturated rings. The highest BCUT2D eigenvalue weighted by Gasteiger charge is 2.17. The van der Waals surface area contributed by atoms with Crippen molar-refractivity contribution in [1.82, 2.24) is 5.32 Å². The number of nitrogens with one attached hydrogen (secondary N) is 2. The van der Waals surface area contributed by atoms with Gasteiger partial charge < -0.3 is 10.6 Å². The number of rotatable bonds is 3. The number of thiophene rings is 1. The summed E-state index contributed by atoms with van der Waals surface area (Å²) in [6.45, 7) is 1.34. The van der Waals surface area contributed by atoms with Gasteiger partial charge in [0, 0.05) is 22.7 Å². The van der Waals surface area contributed by atoms with Crippen LogP contribution in [0.4, 0.5) is 5.69 Å². The van der Waals surface area contributed by atoms with E-state index in [0.717, 1.165) is 29.1 Å². The number of hydrogen-bond donors (Lipinski definition) is 2. The van der Waals surface area contributed by atoms with E-state index in [1.807, 2.05) is 30.3 Å². The predicted octanol–water partition coefficient (Wildman–Crippen LogP) is 3.20. The van der Waals surface area contributed by atoms with Crippen molar-refractivity contribution in [2.45, 2.75) is 6.54 Å². The van der Waals surface area contributed by atoms with Crippen molar-refractivity contribution in [3.05, 3.63) is 57.8 Å². The maximum atomic E-state index is 9.26. The molecule has 3 nitrogen and oxygen atoms in total. The molecule has 0 spiro atoms. The molecule has 1 aromatic carbocycles. The molecule has 0 amide bonds. The Labute approximate surface area is 116 Å². The number of fused-ring (bicyclic) bond motifs is 1. The van der Waals surface area contributed by atoms with Crippen LogP contribution >= 0.6 is 11.3 Å². The Morgan fingerprint density at radius 2 is 2.16 bits per heavy atom. The SMILES string of the molecule is N#CC1=C(NCc2cccs2)c2ccccc2NC1. The zero-order chi connectivity index (χ0) is 13.1. The van der Waals surface area contributed by atoms with E-state index in [9.17, 15) is 5.26 Å². The molecule has 3 rings (SSSR count). The molecule has 0 saturated carbocycles. The topological polar surface area (TPSA) is 47.9 Å². The highest BCUT2D eigenvalue weighted by atomic mass is 32.1. The standard InChI is InChI=1S/C15H13N3S/c16-8-11-9-17-14-6-2-1-5-13(14)15(11)18-10-12-4-3-7-19-12/h1-7,17-18H,9-10H2. The third kappa shape index (κ3) is 2.33. The third-order valence-electron chi connectivity index (χ3n) is 3.11. The minimum Gasteiger partial charge on any atom is -0.380 e. The molecule has 19 heavy (non-hydrogen) atoms. The average Bonchev–Trinajstić information content (AvgIpc) is 2.97. The highest BCUT2D eigenvalue weighted by molar-refractivity contribution is 7.09. The fourth-order valence-corrected chi connectivity index (χ4v) is 2.82. The van der Waals surface area contributed by atoms with Crippen molar-refractivity contribution >= 4 is 22.7 Å². The summed E-state index contributed by atoms with van der Waals surface area (Å²) in [5.41, 5.74) is 3.86. The molecule has 0 bridgehead atoms. The summed E-state index contributed by atoms with van der Waals surface area (Å²) in [5.74, 6) is 0. The molecule has 1 aromatic heterocycles. The predicted molar refractivity (Wildman–Crippen MR) is 78.6 cm³/mol. The Kier molecular flexibility index (Phi) is 3.21. The van der Waals surface area contributed by atoms with E-state index in [2.05, 4.69) is 28.1 Å². The maximum absolute atomic E-state index is 9.26. The molecule has 2 aromatic rings. The fraction of sp³-hybridized carbons (Fsp3) is 0.133. The molecule has 1 aliphatic rings. The van der Waals surface area contributed by atoms with Crippen molar-refractivity contribution in [1.29, 1.82) is 5.26 Å². The van der Waals surface area contributed by atoms with Crippen LogP contribution in [0, 0.1) is 11.3 Å². The minimum absolute atomic E-state index is 0.584. The van der Waals surface area contributed by atoms with Gasteiger partial charge >= 0.3 is 0 Å². The fourth-order valence-electron chi connectivity index (χ4n) is 2.18. The zero-order valence-electron chi connectivity index (χ0n) is 10.3. The van der Waals surface area contributed by atoms with Gasteiger partial charge in [-0.05, 0) is 17.5 Å². The second-order valence-corrected chi connectivity index (χ2v) is 5.33. The van der Waals surface area contributed by atoms with Crippen LogP contribution in [0.1, 0.15) is 10.4 Å². The summed E-state index contributed by atoms with van der Waals surface area (Å²) in [7, 11) is 0. The van der Waals surface area contributed by atoms with Gasteiger partial charge in [-0.25, -0.2) is 0 Å². The monoisotopic (exact) mass is 267 g/mol. The maximum Gasteiger partial charge on any atom is 0.0988 e. The van der Waals surface area contributed by atoms with Gasteiger partial charge in [0.05, 0.1) is 23.9 Å². The number of benzene rings is 1. The van der Waals surface area contributed by atoms with E-state index in [-0.39, 0.29) is 0 Å². The van der Waals surface area contributed by atoms with E-state index >= 15 is 0 Å². The molecule has 4 heteroatoms. The number of hydrogen-bond acceptors (Lipinski definition) is 4. The molecule has 94 valence electrons. The molecule has 0 radical (unpaired) electrons. The second-order valence-electron chi connectivity index (χ2n) is 4.30. The first-order chi connectivity index (χ1) is 9.38. The summed E-state index contributed by atoms with van der Waals surface area (Å²) in [6, 6.07) is 14.5. The Bertz CT molecular complexity index is 650. The normalized spacial score (nSPS) is 13.4. The number of anilines is 1. The Morgan fingerprint density at radius 3 is 2.95 bits per heavy atom. The lowest BCUT2D eigenvalue weighted by Gasteiger charge is -2.22. The van der Waals surface area contributed by atoms with Gasteiger partial charge in [0.15, 0.2) is 0 Å². The van der Waals surface area contributed by atoms with E-state index in [0.29, 0.717) is 6.54 Å². The van der Waals surface area contributed by atoms with Crippen LogP contribution in [0.2, 0.25) is 0 Å². The van der Waals surface area contributed by atoms with Crippen molar-refractivity contribution in [3.8, 4) is 6.07 Å². The van der Waals surface area contributed by atoms with Gasteiger partial charge in [-0.1, -0.05) is 24.3 Å². The van der Waals surface area contributed by atoms with E-state index in [1.54, 1.807) is 11.3 Å². The smallest absolute Gasteiger partial charge is 0.0988 e. The lowest BCUT2D eigenvalue weighted by Crippen LogP contribution is -2.21. The zero-order valence-corrected chi connectivity index (χ0v) is 11.1. The lowest BCUT2D eigenvalue weighted by molar-refractivity contribution is 0.895. The summed E-state index contributed by atoms with van der Waals surface area (Å²) in [4.78, 5) is 1.26. The van der Waals surface area contributed by atoms with Gasteiger partial charge in [0.25, 0.3) is 0 Å². The minimum atomic E-state index is 0.584. The molecule has 1 aliphatic heterocycles. The van der Waals surface area contributed by atoms with Crippen molar-refractivity contribution in [2.75, 3.05) is 11.9 Å². The van der Waals surface area contributed by atoms with Gasteiger partial charge in [0.2, 0.25) is 0 Å². The first kappa shape index (κ1) is 11.8. The Balaban J connectivity index is 1.91. The highest BCUT2D eigenvalue weighted by Crippen LogP contribution is 2.29. The molecular formula is C15H13N3S. The van der Waals surface area contributed by atoms with E-state index in [1.165, 1.54) is 4.88 Å². The Morgan fingerprint density at radius 1 is 1.26 bits per heavy atom. The number of para-hydroxylation sites is 1. The van der Waals surface area contributed by atoms with Crippen molar-refractivity contribution < 1.29 is 0 Å². The first-order valence-corrected chi connectivity index (χ1v) is 6.99. The third-order valence-corrected chi connectivity index (χ3v) is 3.98. The number of nitriles is 1. The molecule has 2 N–H and O–H groups in total. The molecule has 0 aliphatic carbocycles. The molecule has 2 heterocycles. The van der Waals surface area contributed by atoms with Crippen LogP contribution in [-0.4, -0.2) is 6.54 Å². The van der Waals surface area contributed by atoms with Gasteiger partial charge in [-0.15, -0.1) is 11.3 Å². The van der Waals surface area contributed by atoms with Gasteiger partial charge in [-0.2, -0.15) is 5.26 Å². The summed E-state index contributed by atoms with van der Waals surface area (Å²) >= 11 is 1.72. The van der Waals surface area contributed by atoms with Crippen LogP contribution in [0.5, 0.6) is 0 Å². The first-order valence-electron chi connectivity index (χ1n) is 6.11. The molecule has 0 atom stereocenters. The number of nitrogens with zero attached hydrogens (tertiary/aromatic N) is 1. The van der Waals surface area contributed by atoms with Crippen molar-refractivity contribution in [2.24, 2.45) is 0 Å². The molecule has 0 saturated heterocycles. The van der Waals surface area contributed by atoms with Crippen LogP contribution in [0.25, 0.3) is 5.70 Å². The summed E-state index contributed by atoms with van der Waals surface area (Å²) in [5, 5.41) is 18.0. The van der Waals surface area contributed by atoms with Crippen LogP contribution in [-0.2, 0) is 6.54 Å². The largest absolute Gasteiger partial charge is 0.380 e.